The van der Waals surface area contributed by atoms with Crippen molar-refractivity contribution in [3.8, 4) is 0 Å². The molecule has 1 aliphatic rings. The Morgan fingerprint density at radius 3 is 3.00 bits per heavy atom. The summed E-state index contributed by atoms with van der Waals surface area (Å²) in [7, 11) is 0. The third-order valence-electron chi connectivity index (χ3n) is 1.18. The third kappa shape index (κ3) is 1.42. The molecule has 8 heavy (non-hydrogen) atoms. The SMILES string of the molecule is FC[C@@H]1COCCN1. The molecule has 0 bridgehead atoms. The number of rotatable bonds is 1. The summed E-state index contributed by atoms with van der Waals surface area (Å²) in [6.45, 7) is 1.71. The fourth-order valence-electron chi connectivity index (χ4n) is 0.719. The van der Waals surface area contributed by atoms with Crippen LogP contribution < -0.4 is 5.32 Å². The van der Waals surface area contributed by atoms with Gasteiger partial charge in [-0.3, -0.25) is 0 Å². The number of morpholine rings is 1. The molecule has 2 nitrogen and oxygen atoms in total. The molecule has 48 valence electrons. The fraction of sp³-hybridized carbons (Fsp3) is 1.00. The maximum atomic E-state index is 11.7. The molecule has 0 aromatic rings. The Morgan fingerprint density at radius 1 is 1.75 bits per heavy atom. The zero-order valence-corrected chi connectivity index (χ0v) is 4.69. The highest BCUT2D eigenvalue weighted by molar-refractivity contribution is 4.67. The minimum Gasteiger partial charge on any atom is -0.378 e. The molecule has 1 atom stereocenters. The largest absolute Gasteiger partial charge is 0.378 e. The van der Waals surface area contributed by atoms with Crippen LogP contribution in [0.25, 0.3) is 0 Å². The molecule has 0 radical (unpaired) electrons. The molecular formula is C5H10FNO. The molecule has 1 aliphatic heterocycles. The van der Waals surface area contributed by atoms with Crippen molar-refractivity contribution in [1.29, 1.82) is 0 Å². The quantitative estimate of drug-likeness (QED) is 0.522. The number of nitrogens with one attached hydrogen (secondary N) is 1. The van der Waals surface area contributed by atoms with E-state index in [1.807, 2.05) is 0 Å². The average Bonchev–Trinajstić information content (AvgIpc) is 1.90. The van der Waals surface area contributed by atoms with Crippen molar-refractivity contribution < 1.29 is 9.13 Å². The summed E-state index contributed by atoms with van der Waals surface area (Å²) in [5.74, 6) is 0. The van der Waals surface area contributed by atoms with E-state index in [0.717, 1.165) is 13.2 Å². The first-order valence-electron chi connectivity index (χ1n) is 2.80. The number of ether oxygens (including phenoxy) is 1. The van der Waals surface area contributed by atoms with Gasteiger partial charge in [-0.1, -0.05) is 0 Å². The van der Waals surface area contributed by atoms with Crippen LogP contribution in [0.3, 0.4) is 0 Å². The monoisotopic (exact) mass is 119 g/mol. The van der Waals surface area contributed by atoms with Crippen molar-refractivity contribution >= 4 is 0 Å². The first-order chi connectivity index (χ1) is 3.93. The van der Waals surface area contributed by atoms with Crippen molar-refractivity contribution in [3.63, 3.8) is 0 Å². The van der Waals surface area contributed by atoms with Gasteiger partial charge in [0.25, 0.3) is 0 Å². The number of halogens is 1. The van der Waals surface area contributed by atoms with Crippen LogP contribution in [0.1, 0.15) is 0 Å². The van der Waals surface area contributed by atoms with Crippen LogP contribution in [0.5, 0.6) is 0 Å². The van der Waals surface area contributed by atoms with Crippen LogP contribution in [-0.4, -0.2) is 32.5 Å². The Morgan fingerprint density at radius 2 is 2.62 bits per heavy atom. The lowest BCUT2D eigenvalue weighted by Crippen LogP contribution is -2.42. The van der Waals surface area contributed by atoms with E-state index in [0.29, 0.717) is 6.61 Å². The van der Waals surface area contributed by atoms with E-state index in [2.05, 4.69) is 5.32 Å². The maximum Gasteiger partial charge on any atom is 0.107 e. The van der Waals surface area contributed by atoms with Crippen LogP contribution >= 0.6 is 0 Å². The molecule has 0 aliphatic carbocycles. The molecule has 1 heterocycles. The number of alkyl halides is 1. The van der Waals surface area contributed by atoms with Gasteiger partial charge in [0.05, 0.1) is 19.3 Å². The molecule has 1 rings (SSSR count). The molecule has 0 aromatic carbocycles. The van der Waals surface area contributed by atoms with Crippen LogP contribution in [-0.2, 0) is 4.74 Å². The average molecular weight is 119 g/mol. The van der Waals surface area contributed by atoms with Gasteiger partial charge < -0.3 is 10.1 Å². The van der Waals surface area contributed by atoms with E-state index in [4.69, 9.17) is 4.74 Å². The standard InChI is InChI=1S/C5H10FNO/c6-3-5-4-8-2-1-7-5/h5,7H,1-4H2/t5-/m1/s1. The van der Waals surface area contributed by atoms with Crippen molar-refractivity contribution in [2.45, 2.75) is 6.04 Å². The summed E-state index contributed by atoms with van der Waals surface area (Å²) < 4.78 is 16.7. The summed E-state index contributed by atoms with van der Waals surface area (Å²) in [5, 5.41) is 2.97. The molecule has 1 fully saturated rings. The Kier molecular flexibility index (Phi) is 2.24. The summed E-state index contributed by atoms with van der Waals surface area (Å²) in [5.41, 5.74) is 0. The number of hydrogen-bond acceptors (Lipinski definition) is 2. The zero-order chi connectivity index (χ0) is 5.82. The van der Waals surface area contributed by atoms with Crippen molar-refractivity contribution in [3.05, 3.63) is 0 Å². The molecule has 0 saturated carbocycles. The van der Waals surface area contributed by atoms with Gasteiger partial charge in [-0.15, -0.1) is 0 Å². The minimum atomic E-state index is -0.319. The van der Waals surface area contributed by atoms with Crippen molar-refractivity contribution in [1.82, 2.24) is 5.32 Å². The molecule has 3 heteroatoms. The summed E-state index contributed by atoms with van der Waals surface area (Å²) >= 11 is 0. The van der Waals surface area contributed by atoms with Gasteiger partial charge in [-0.05, 0) is 0 Å². The summed E-state index contributed by atoms with van der Waals surface area (Å²) in [6, 6.07) is -0.0521. The lowest BCUT2D eigenvalue weighted by molar-refractivity contribution is 0.0684. The van der Waals surface area contributed by atoms with E-state index in [1.165, 1.54) is 0 Å². The van der Waals surface area contributed by atoms with Crippen LogP contribution in [0.15, 0.2) is 0 Å². The second-order valence-corrected chi connectivity index (χ2v) is 1.88. The van der Waals surface area contributed by atoms with Gasteiger partial charge in [0, 0.05) is 6.54 Å². The molecule has 0 spiro atoms. The molecule has 0 aromatic heterocycles. The molecule has 1 saturated heterocycles. The number of hydrogen-bond donors (Lipinski definition) is 1. The lowest BCUT2D eigenvalue weighted by Gasteiger charge is -2.20. The summed E-state index contributed by atoms with van der Waals surface area (Å²) in [6.07, 6.45) is 0. The van der Waals surface area contributed by atoms with Gasteiger partial charge in [-0.25, -0.2) is 4.39 Å². The van der Waals surface area contributed by atoms with Gasteiger partial charge in [0.1, 0.15) is 6.67 Å². The van der Waals surface area contributed by atoms with Gasteiger partial charge in [-0.2, -0.15) is 0 Å². The van der Waals surface area contributed by atoms with E-state index < -0.39 is 0 Å². The van der Waals surface area contributed by atoms with E-state index >= 15 is 0 Å². The molecule has 0 unspecified atom stereocenters. The fourth-order valence-corrected chi connectivity index (χ4v) is 0.719. The highest BCUT2D eigenvalue weighted by atomic mass is 19.1. The minimum absolute atomic E-state index is 0.0521. The van der Waals surface area contributed by atoms with E-state index in [-0.39, 0.29) is 12.7 Å². The van der Waals surface area contributed by atoms with Crippen LogP contribution in [0.2, 0.25) is 0 Å². The first-order valence-corrected chi connectivity index (χ1v) is 2.80. The lowest BCUT2D eigenvalue weighted by atomic mass is 10.3. The van der Waals surface area contributed by atoms with Crippen LogP contribution in [0, 0.1) is 0 Å². The third-order valence-corrected chi connectivity index (χ3v) is 1.18. The van der Waals surface area contributed by atoms with Gasteiger partial charge >= 0.3 is 0 Å². The molecule has 1 N–H and O–H groups in total. The topological polar surface area (TPSA) is 21.3 Å². The van der Waals surface area contributed by atoms with E-state index in [9.17, 15) is 4.39 Å². The van der Waals surface area contributed by atoms with Crippen molar-refractivity contribution in [2.24, 2.45) is 0 Å². The Labute approximate surface area is 48.0 Å². The Hall–Kier alpha value is -0.150. The normalized spacial score (nSPS) is 30.4. The highest BCUT2D eigenvalue weighted by Crippen LogP contribution is 1.91. The Balaban J connectivity index is 2.13. The van der Waals surface area contributed by atoms with Gasteiger partial charge in [0.2, 0.25) is 0 Å². The molecule has 0 amide bonds. The van der Waals surface area contributed by atoms with E-state index in [1.54, 1.807) is 0 Å². The molecular weight excluding hydrogens is 109 g/mol. The second-order valence-electron chi connectivity index (χ2n) is 1.88. The second kappa shape index (κ2) is 2.99. The smallest absolute Gasteiger partial charge is 0.107 e. The van der Waals surface area contributed by atoms with Crippen LogP contribution in [0.4, 0.5) is 4.39 Å². The maximum absolute atomic E-state index is 11.7. The Bertz CT molecular complexity index is 63.4. The van der Waals surface area contributed by atoms with Crippen molar-refractivity contribution in [2.75, 3.05) is 26.4 Å². The predicted octanol–water partition coefficient (Wildman–Crippen LogP) is -0.0557. The highest BCUT2D eigenvalue weighted by Gasteiger charge is 2.10. The summed E-state index contributed by atoms with van der Waals surface area (Å²) in [4.78, 5) is 0. The predicted molar refractivity (Wildman–Crippen MR) is 28.6 cm³/mol. The van der Waals surface area contributed by atoms with Gasteiger partial charge in [0.15, 0.2) is 0 Å². The first kappa shape index (κ1) is 5.98. The zero-order valence-electron chi connectivity index (χ0n) is 4.69.